The molecule has 4 atom stereocenters. The normalized spacial score (nSPS) is 22.0. The van der Waals surface area contributed by atoms with Gasteiger partial charge in [-0.3, -0.25) is 9.59 Å². The lowest BCUT2D eigenvalue weighted by Crippen LogP contribution is -2.51. The number of ether oxygens (including phenoxy) is 1. The molecule has 0 radical (unpaired) electrons. The van der Waals surface area contributed by atoms with Crippen molar-refractivity contribution in [1.82, 2.24) is 10.2 Å². The number of primary amides is 1. The van der Waals surface area contributed by atoms with E-state index in [0.717, 1.165) is 5.56 Å². The third kappa shape index (κ3) is 8.79. The van der Waals surface area contributed by atoms with Crippen molar-refractivity contribution in [2.45, 2.75) is 94.5 Å². The van der Waals surface area contributed by atoms with Crippen molar-refractivity contribution in [3.05, 3.63) is 58.7 Å². The van der Waals surface area contributed by atoms with Crippen LogP contribution in [0.25, 0.3) is 0 Å². The minimum absolute atomic E-state index is 0.0923. The molecule has 9 nitrogen and oxygen atoms in total. The van der Waals surface area contributed by atoms with E-state index in [1.54, 1.807) is 12.1 Å². The third-order valence-corrected chi connectivity index (χ3v) is 11.1. The minimum atomic E-state index is -5.64. The highest BCUT2D eigenvalue weighted by Gasteiger charge is 2.50. The quantitative estimate of drug-likeness (QED) is 0.165. The summed E-state index contributed by atoms with van der Waals surface area (Å²) in [6.07, 6.45) is -10.2. The molecule has 50 heavy (non-hydrogen) atoms. The Labute approximate surface area is 286 Å². The number of nitrogens with two attached hydrogens (primary N) is 1. The second-order valence-electron chi connectivity index (χ2n) is 13.7. The highest BCUT2D eigenvalue weighted by molar-refractivity contribution is 7.91. The Kier molecular flexibility index (Phi) is 11.7. The lowest BCUT2D eigenvalue weighted by molar-refractivity contribution is -0.190. The summed E-state index contributed by atoms with van der Waals surface area (Å²) in [4.78, 5) is 39.4. The predicted molar refractivity (Wildman–Crippen MR) is 171 cm³/mol. The maximum atomic E-state index is 14.6. The molecule has 276 valence electrons. The summed E-state index contributed by atoms with van der Waals surface area (Å²) in [6.45, 7) is 8.49. The van der Waals surface area contributed by atoms with E-state index in [-0.39, 0.29) is 35.6 Å². The fraction of sp³-hybridized carbons (Fsp3) is 0.559. The number of benzene rings is 2. The first-order chi connectivity index (χ1) is 23.1. The Morgan fingerprint density at radius 1 is 0.980 bits per heavy atom. The molecule has 2 aromatic rings. The van der Waals surface area contributed by atoms with E-state index in [9.17, 15) is 49.1 Å². The summed E-state index contributed by atoms with van der Waals surface area (Å²) in [7, 11) is -3.89. The van der Waals surface area contributed by atoms with Gasteiger partial charge in [0, 0.05) is 24.2 Å². The van der Waals surface area contributed by atoms with E-state index in [0.29, 0.717) is 43.9 Å². The van der Waals surface area contributed by atoms with Gasteiger partial charge in [0.2, 0.25) is 11.8 Å². The van der Waals surface area contributed by atoms with E-state index in [2.05, 4.69) is 10.1 Å². The van der Waals surface area contributed by atoms with Crippen molar-refractivity contribution in [3.8, 4) is 5.75 Å². The summed E-state index contributed by atoms with van der Waals surface area (Å²) >= 11 is 0. The minimum Gasteiger partial charge on any atom is -0.419 e. The van der Waals surface area contributed by atoms with Crippen LogP contribution in [0.3, 0.4) is 0 Å². The average molecular weight is 734 g/mol. The number of esters is 1. The number of carbonyl (C=O) groups excluding carboxylic acids is 3. The van der Waals surface area contributed by atoms with E-state index in [1.165, 1.54) is 17.0 Å². The van der Waals surface area contributed by atoms with Gasteiger partial charge in [-0.2, -0.15) is 26.3 Å². The molecule has 16 heteroatoms. The van der Waals surface area contributed by atoms with Gasteiger partial charge in [0.05, 0.1) is 16.6 Å². The highest BCUT2D eigenvalue weighted by atomic mass is 32.2. The first kappa shape index (κ1) is 39.1. The van der Waals surface area contributed by atoms with Gasteiger partial charge in [0.1, 0.15) is 11.3 Å². The van der Waals surface area contributed by atoms with Crippen LogP contribution in [0.1, 0.15) is 92.3 Å². The van der Waals surface area contributed by atoms with Crippen LogP contribution in [0.15, 0.2) is 41.3 Å². The summed E-state index contributed by atoms with van der Waals surface area (Å²) in [5.41, 5.74) is 2.67. The number of sulfone groups is 1. The Morgan fingerprint density at radius 3 is 2.16 bits per heavy atom. The summed E-state index contributed by atoms with van der Waals surface area (Å²) in [5, 5.41) is 3.43. The second kappa shape index (κ2) is 14.9. The van der Waals surface area contributed by atoms with Gasteiger partial charge in [-0.05, 0) is 85.4 Å². The molecule has 3 N–H and O–H groups in total. The number of rotatable bonds is 11. The molecular weight excluding hydrogens is 692 g/mol. The van der Waals surface area contributed by atoms with Gasteiger partial charge >= 0.3 is 18.3 Å². The van der Waals surface area contributed by atoms with Crippen LogP contribution < -0.4 is 15.8 Å². The first-order valence-electron chi connectivity index (χ1n) is 16.3. The third-order valence-electron chi connectivity index (χ3n) is 9.28. The van der Waals surface area contributed by atoms with Gasteiger partial charge in [0.15, 0.2) is 9.84 Å². The lowest BCUT2D eigenvalue weighted by atomic mass is 9.81. The van der Waals surface area contributed by atoms with Crippen LogP contribution in [0.2, 0.25) is 0 Å². The predicted octanol–water partition coefficient (Wildman–Crippen LogP) is 5.97. The molecule has 1 aliphatic carbocycles. The fourth-order valence-electron chi connectivity index (χ4n) is 6.87. The molecular formula is C34H41F6N3O6S. The van der Waals surface area contributed by atoms with E-state index in [4.69, 9.17) is 5.73 Å². The van der Waals surface area contributed by atoms with Gasteiger partial charge in [-0.25, -0.2) is 13.2 Å². The SMILES string of the molecule is CC(C)CN[C@@H]1CC[C@H](N2CC[C@@H](c3c(C(N)=O)ccc(OC(=O)C(F)(F)F)c3C(F)(F)F)C2=O)[C@H](CS(=O)(=O)c2ccc(C(C)C)cc2)C1. The smallest absolute Gasteiger partial charge is 0.419 e. The molecule has 1 saturated carbocycles. The topological polar surface area (TPSA) is 136 Å². The van der Waals surface area contributed by atoms with Gasteiger partial charge in [0.25, 0.3) is 0 Å². The van der Waals surface area contributed by atoms with Gasteiger partial charge < -0.3 is 20.7 Å². The standard InChI is InChI=1S/C34H41F6N3O6S/c1-18(2)16-42-22-7-11-26(21(15-22)17-50(47,48)23-8-5-20(6-9-23)19(3)4)43-14-13-25(31(43)45)28-24(30(41)44)10-12-27(29(28)33(35,36)37)49-32(46)34(38,39)40/h5-6,8-10,12,18-19,21-22,25-26,42H,7,11,13-17H2,1-4H3,(H2,41,44)/t21-,22+,25-,26-/m0/s1. The highest BCUT2D eigenvalue weighted by Crippen LogP contribution is 2.47. The molecule has 2 fully saturated rings. The second-order valence-corrected chi connectivity index (χ2v) is 15.7. The van der Waals surface area contributed by atoms with Gasteiger partial charge in [-0.1, -0.05) is 39.8 Å². The van der Waals surface area contributed by atoms with Crippen molar-refractivity contribution in [2.75, 3.05) is 18.8 Å². The molecule has 0 unspecified atom stereocenters. The molecule has 2 aromatic carbocycles. The molecule has 0 spiro atoms. The molecule has 2 amide bonds. The van der Waals surface area contributed by atoms with Crippen LogP contribution in [0, 0.1) is 11.8 Å². The number of nitrogens with one attached hydrogen (secondary N) is 1. The van der Waals surface area contributed by atoms with E-state index >= 15 is 0 Å². The number of halogens is 6. The monoisotopic (exact) mass is 733 g/mol. The number of hydrogen-bond acceptors (Lipinski definition) is 7. The number of amides is 2. The van der Waals surface area contributed by atoms with Crippen molar-refractivity contribution in [3.63, 3.8) is 0 Å². The molecule has 0 bridgehead atoms. The lowest BCUT2D eigenvalue weighted by Gasteiger charge is -2.41. The van der Waals surface area contributed by atoms with Crippen molar-refractivity contribution < 1.29 is 53.9 Å². The Hall–Kier alpha value is -3.66. The van der Waals surface area contributed by atoms with Crippen molar-refractivity contribution >= 4 is 27.6 Å². The van der Waals surface area contributed by atoms with Crippen LogP contribution in [0.4, 0.5) is 26.3 Å². The number of nitrogens with zero attached hydrogens (tertiary/aromatic N) is 1. The zero-order chi connectivity index (χ0) is 37.3. The molecule has 4 rings (SSSR count). The zero-order valence-corrected chi connectivity index (χ0v) is 28.8. The number of alkyl halides is 6. The van der Waals surface area contributed by atoms with Crippen LogP contribution in [-0.4, -0.2) is 68.2 Å². The van der Waals surface area contributed by atoms with Crippen molar-refractivity contribution in [2.24, 2.45) is 17.6 Å². The van der Waals surface area contributed by atoms with Crippen LogP contribution >= 0.6 is 0 Å². The number of likely N-dealkylation sites (tertiary alicyclic amines) is 1. The average Bonchev–Trinajstić information content (AvgIpc) is 3.38. The Bertz CT molecular complexity index is 1690. The fourth-order valence-corrected chi connectivity index (χ4v) is 8.54. The summed E-state index contributed by atoms with van der Waals surface area (Å²) in [5.74, 6) is -8.93. The maximum Gasteiger partial charge on any atom is 0.491 e. The molecule has 2 aliphatic rings. The molecule has 1 aliphatic heterocycles. The first-order valence-corrected chi connectivity index (χ1v) is 18.0. The largest absolute Gasteiger partial charge is 0.491 e. The van der Waals surface area contributed by atoms with Crippen molar-refractivity contribution in [1.29, 1.82) is 0 Å². The van der Waals surface area contributed by atoms with Crippen LogP contribution in [-0.2, 0) is 25.6 Å². The van der Waals surface area contributed by atoms with Crippen LogP contribution in [0.5, 0.6) is 5.75 Å². The summed E-state index contributed by atoms with van der Waals surface area (Å²) in [6, 6.07) is 6.77. The number of carbonyl (C=O) groups is 3. The summed E-state index contributed by atoms with van der Waals surface area (Å²) < 4.78 is 114. The Balaban J connectivity index is 1.72. The zero-order valence-electron chi connectivity index (χ0n) is 28.0. The maximum absolute atomic E-state index is 14.6. The molecule has 0 aromatic heterocycles. The van der Waals surface area contributed by atoms with Gasteiger partial charge in [-0.15, -0.1) is 0 Å². The molecule has 1 heterocycles. The number of hydrogen-bond donors (Lipinski definition) is 2. The Morgan fingerprint density at radius 2 is 1.62 bits per heavy atom. The van der Waals surface area contributed by atoms with E-state index in [1.807, 2.05) is 27.7 Å². The van der Waals surface area contributed by atoms with E-state index < -0.39 is 80.3 Å². The molecule has 1 saturated heterocycles.